The minimum atomic E-state index is -0.253. The molecule has 162 valence electrons. The van der Waals surface area contributed by atoms with Gasteiger partial charge in [-0.05, 0) is 47.8 Å². The van der Waals surface area contributed by atoms with E-state index in [0.717, 1.165) is 41.0 Å². The number of hydrogen-bond acceptors (Lipinski definition) is 5. The van der Waals surface area contributed by atoms with E-state index in [9.17, 15) is 4.79 Å². The van der Waals surface area contributed by atoms with Crippen LogP contribution in [0.3, 0.4) is 0 Å². The molecular weight excluding hydrogens is 430 g/mol. The molecular formula is C27H21N3O2S. The third-order valence-electron chi connectivity index (χ3n) is 6.29. The van der Waals surface area contributed by atoms with Crippen LogP contribution < -0.4 is 19.6 Å². The molecule has 6 rings (SSSR count). The number of fused-ring (bicyclic) bond motifs is 3. The quantitative estimate of drug-likeness (QED) is 0.477. The van der Waals surface area contributed by atoms with Crippen LogP contribution in [0.1, 0.15) is 34.7 Å². The van der Waals surface area contributed by atoms with Crippen LogP contribution in [0.5, 0.6) is 5.75 Å². The molecule has 2 aromatic heterocycles. The zero-order chi connectivity index (χ0) is 22.4. The summed E-state index contributed by atoms with van der Waals surface area (Å²) in [6.45, 7) is 0. The van der Waals surface area contributed by atoms with E-state index in [0.29, 0.717) is 9.33 Å². The zero-order valence-electron chi connectivity index (χ0n) is 18.1. The van der Waals surface area contributed by atoms with Crippen LogP contribution in [0.25, 0.3) is 11.8 Å². The van der Waals surface area contributed by atoms with Crippen LogP contribution in [0.15, 0.2) is 88.4 Å². The van der Waals surface area contributed by atoms with Crippen molar-refractivity contribution in [1.29, 1.82) is 0 Å². The third-order valence-corrected chi connectivity index (χ3v) is 7.27. The molecule has 0 amide bonds. The molecule has 1 aliphatic heterocycles. The highest BCUT2D eigenvalue weighted by Gasteiger charge is 2.33. The first-order valence-electron chi connectivity index (χ1n) is 10.9. The molecule has 2 aromatic carbocycles. The Morgan fingerprint density at radius 2 is 1.91 bits per heavy atom. The summed E-state index contributed by atoms with van der Waals surface area (Å²) in [5, 5.41) is 0. The first-order chi connectivity index (χ1) is 16.2. The maximum absolute atomic E-state index is 13.7. The molecule has 0 fully saturated rings. The van der Waals surface area contributed by atoms with Crippen molar-refractivity contribution < 1.29 is 4.74 Å². The second-order valence-corrected chi connectivity index (χ2v) is 9.15. The van der Waals surface area contributed by atoms with Crippen LogP contribution in [-0.4, -0.2) is 16.7 Å². The fourth-order valence-electron chi connectivity index (χ4n) is 4.80. The van der Waals surface area contributed by atoms with E-state index in [4.69, 9.17) is 9.73 Å². The van der Waals surface area contributed by atoms with Crippen molar-refractivity contribution in [3.8, 4) is 5.75 Å². The third kappa shape index (κ3) is 3.26. The van der Waals surface area contributed by atoms with E-state index in [1.807, 2.05) is 41.0 Å². The highest BCUT2D eigenvalue weighted by atomic mass is 32.1. The van der Waals surface area contributed by atoms with Gasteiger partial charge in [0.05, 0.1) is 23.4 Å². The minimum Gasteiger partial charge on any atom is -0.496 e. The molecule has 0 saturated heterocycles. The molecule has 33 heavy (non-hydrogen) atoms. The summed E-state index contributed by atoms with van der Waals surface area (Å²) in [7, 11) is 1.68. The molecule has 6 heteroatoms. The average Bonchev–Trinajstić information content (AvgIpc) is 3.17. The zero-order valence-corrected chi connectivity index (χ0v) is 18.9. The van der Waals surface area contributed by atoms with Crippen molar-refractivity contribution in [2.24, 2.45) is 4.99 Å². The van der Waals surface area contributed by atoms with E-state index in [1.54, 1.807) is 19.5 Å². The van der Waals surface area contributed by atoms with E-state index in [-0.39, 0.29) is 11.6 Å². The van der Waals surface area contributed by atoms with Crippen LogP contribution in [0.2, 0.25) is 0 Å². The summed E-state index contributed by atoms with van der Waals surface area (Å²) in [5.41, 5.74) is 6.45. The fraction of sp³-hybridized carbons (Fsp3) is 0.148. The molecule has 0 spiro atoms. The molecule has 0 N–H and O–H groups in total. The summed E-state index contributed by atoms with van der Waals surface area (Å²) >= 11 is 1.42. The highest BCUT2D eigenvalue weighted by Crippen LogP contribution is 2.43. The Hall–Kier alpha value is -3.77. The van der Waals surface area contributed by atoms with E-state index in [2.05, 4.69) is 35.3 Å². The van der Waals surface area contributed by atoms with Crippen molar-refractivity contribution in [3.63, 3.8) is 0 Å². The maximum atomic E-state index is 13.7. The summed E-state index contributed by atoms with van der Waals surface area (Å²) in [6.07, 6.45) is 7.16. The summed E-state index contributed by atoms with van der Waals surface area (Å²) in [5.74, 6) is 0.775. The van der Waals surface area contributed by atoms with Crippen LogP contribution in [0, 0.1) is 0 Å². The fourth-order valence-corrected chi connectivity index (χ4v) is 5.80. The largest absolute Gasteiger partial charge is 0.496 e. The molecule has 5 nitrogen and oxygen atoms in total. The Balaban J connectivity index is 1.66. The topological polar surface area (TPSA) is 56.5 Å². The molecule has 0 bridgehead atoms. The van der Waals surface area contributed by atoms with Gasteiger partial charge >= 0.3 is 0 Å². The van der Waals surface area contributed by atoms with Gasteiger partial charge in [0.15, 0.2) is 4.80 Å². The lowest BCUT2D eigenvalue weighted by molar-refractivity contribution is 0.402. The molecule has 0 saturated carbocycles. The molecule has 3 heterocycles. The second-order valence-electron chi connectivity index (χ2n) is 8.14. The van der Waals surface area contributed by atoms with Crippen LogP contribution in [-0.2, 0) is 6.42 Å². The van der Waals surface area contributed by atoms with Gasteiger partial charge in [-0.3, -0.25) is 14.3 Å². The normalized spacial score (nSPS) is 17.1. The summed E-state index contributed by atoms with van der Waals surface area (Å²) in [4.78, 5) is 23.7. The number of para-hydroxylation sites is 1. The van der Waals surface area contributed by atoms with Gasteiger partial charge in [0.1, 0.15) is 5.75 Å². The monoisotopic (exact) mass is 451 g/mol. The summed E-state index contributed by atoms with van der Waals surface area (Å²) < 4.78 is 8.22. The average molecular weight is 452 g/mol. The van der Waals surface area contributed by atoms with Crippen LogP contribution >= 0.6 is 11.3 Å². The number of rotatable bonds is 3. The van der Waals surface area contributed by atoms with Crippen molar-refractivity contribution in [1.82, 2.24) is 9.55 Å². The number of benzene rings is 2. The molecule has 1 atom stereocenters. The lowest BCUT2D eigenvalue weighted by Gasteiger charge is -2.31. The van der Waals surface area contributed by atoms with Gasteiger partial charge in [0.25, 0.3) is 5.56 Å². The molecule has 4 aromatic rings. The van der Waals surface area contributed by atoms with Crippen molar-refractivity contribution in [2.45, 2.75) is 18.9 Å². The van der Waals surface area contributed by atoms with Gasteiger partial charge in [-0.2, -0.15) is 0 Å². The molecule has 0 unspecified atom stereocenters. The van der Waals surface area contributed by atoms with Gasteiger partial charge in [-0.15, -0.1) is 0 Å². The Kier molecular flexibility index (Phi) is 4.80. The van der Waals surface area contributed by atoms with Gasteiger partial charge in [0, 0.05) is 23.5 Å². The number of nitrogens with zero attached hydrogens (tertiary/aromatic N) is 3. The number of hydrogen-bond donors (Lipinski definition) is 0. The van der Waals surface area contributed by atoms with E-state index >= 15 is 0 Å². The first-order valence-corrected chi connectivity index (χ1v) is 11.7. The standard InChI is InChI=1S/C27H21N3O2S/c1-32-22-11-5-4-10-20(22)25-21-13-12-18-8-2-3-9-19(18)24(21)29-27-30(25)26(31)23(33-27)15-17-7-6-14-28-16-17/h2-11,14-16,25H,12-13H2,1H3/b23-15-/t25-/m1/s1. The predicted octanol–water partition coefficient (Wildman–Crippen LogP) is 3.72. The number of aromatic nitrogens is 2. The number of thiazole rings is 1. The van der Waals surface area contributed by atoms with Gasteiger partial charge in [-0.25, -0.2) is 4.99 Å². The number of aryl methyl sites for hydroxylation is 1. The number of pyridine rings is 1. The number of ether oxygens (including phenoxy) is 1. The maximum Gasteiger partial charge on any atom is 0.271 e. The highest BCUT2D eigenvalue weighted by molar-refractivity contribution is 7.07. The van der Waals surface area contributed by atoms with Crippen LogP contribution in [0.4, 0.5) is 0 Å². The number of allylic oxidation sites excluding steroid dienone is 1. The second kappa shape index (κ2) is 7.98. The first kappa shape index (κ1) is 19.9. The lowest BCUT2D eigenvalue weighted by Crippen LogP contribution is -2.39. The van der Waals surface area contributed by atoms with E-state index < -0.39 is 0 Å². The number of methoxy groups -OCH3 is 1. The van der Waals surface area contributed by atoms with Gasteiger partial charge in [-0.1, -0.05) is 59.9 Å². The Bertz CT molecular complexity index is 1580. The lowest BCUT2D eigenvalue weighted by atomic mass is 9.83. The van der Waals surface area contributed by atoms with Crippen molar-refractivity contribution >= 4 is 23.1 Å². The van der Waals surface area contributed by atoms with Gasteiger partial charge < -0.3 is 4.74 Å². The van der Waals surface area contributed by atoms with E-state index in [1.165, 1.54) is 22.5 Å². The minimum absolute atomic E-state index is 0.0380. The van der Waals surface area contributed by atoms with Crippen molar-refractivity contribution in [2.75, 3.05) is 7.11 Å². The molecule has 1 aliphatic carbocycles. The Morgan fingerprint density at radius 3 is 2.76 bits per heavy atom. The molecule has 0 radical (unpaired) electrons. The van der Waals surface area contributed by atoms with Crippen molar-refractivity contribution in [3.05, 3.63) is 121 Å². The molecule has 2 aliphatic rings. The predicted molar refractivity (Wildman–Crippen MR) is 130 cm³/mol. The van der Waals surface area contributed by atoms with Gasteiger partial charge in [0.2, 0.25) is 0 Å². The Morgan fingerprint density at radius 1 is 1.06 bits per heavy atom. The summed E-state index contributed by atoms with van der Waals surface area (Å²) in [6, 6.07) is 20.0. The Labute approximate surface area is 194 Å². The smallest absolute Gasteiger partial charge is 0.271 e. The SMILES string of the molecule is COc1ccccc1[C@@H]1C2=C(N=c3s/c(=C\c4cccnc4)c(=O)n31)c1ccccc1CC2.